The molecule has 1 unspecified atom stereocenters. The molecule has 1 saturated heterocycles. The van der Waals surface area contributed by atoms with Gasteiger partial charge in [0.15, 0.2) is 5.65 Å². The van der Waals surface area contributed by atoms with Gasteiger partial charge < -0.3 is 4.90 Å². The third-order valence-corrected chi connectivity index (χ3v) is 5.75. The van der Waals surface area contributed by atoms with E-state index in [0.717, 1.165) is 44.0 Å². The molecule has 0 amide bonds. The summed E-state index contributed by atoms with van der Waals surface area (Å²) in [6, 6.07) is 10.2. The Bertz CT molecular complexity index is 1000. The van der Waals surface area contributed by atoms with Crippen LogP contribution in [0.5, 0.6) is 0 Å². The maximum atomic E-state index is 13.4. The molecule has 0 bridgehead atoms. The predicted molar refractivity (Wildman–Crippen MR) is 115 cm³/mol. The van der Waals surface area contributed by atoms with Crippen LogP contribution in [0.4, 0.5) is 0 Å². The summed E-state index contributed by atoms with van der Waals surface area (Å²) >= 11 is 0. The van der Waals surface area contributed by atoms with Crippen LogP contribution in [0.1, 0.15) is 37.7 Å². The first-order chi connectivity index (χ1) is 14.0. The van der Waals surface area contributed by atoms with Crippen LogP contribution < -0.4 is 5.56 Å². The summed E-state index contributed by atoms with van der Waals surface area (Å²) in [7, 11) is 2.16. The maximum absolute atomic E-state index is 13.4. The highest BCUT2D eigenvalue weighted by atomic mass is 16.1. The fraction of sp³-hybridized carbons (Fsp3) is 0.500. The van der Waals surface area contributed by atoms with Gasteiger partial charge in [-0.15, -0.1) is 0 Å². The number of aromatic nitrogens is 4. The number of hydrogen-bond donors (Lipinski definition) is 1. The monoisotopic (exact) mass is 394 g/mol. The van der Waals surface area contributed by atoms with Crippen molar-refractivity contribution in [3.05, 3.63) is 58.3 Å². The third-order valence-electron chi connectivity index (χ3n) is 5.75. The quantitative estimate of drug-likeness (QED) is 0.696. The number of nitrogens with one attached hydrogen (secondary N) is 1. The first-order valence-electron chi connectivity index (χ1n) is 10.4. The highest BCUT2D eigenvalue weighted by molar-refractivity contribution is 5.72. The molecule has 7 nitrogen and oxygen atoms in total. The highest BCUT2D eigenvalue weighted by Gasteiger charge is 2.29. The van der Waals surface area contributed by atoms with Crippen LogP contribution in [0.15, 0.2) is 41.3 Å². The Labute approximate surface area is 171 Å². The summed E-state index contributed by atoms with van der Waals surface area (Å²) in [6.07, 6.45) is 2.55. The van der Waals surface area contributed by atoms with Gasteiger partial charge in [-0.25, -0.2) is 4.98 Å². The smallest absolute Gasteiger partial charge is 0.265 e. The molecule has 1 aromatic carbocycles. The van der Waals surface area contributed by atoms with Crippen LogP contribution in [-0.2, 0) is 6.54 Å². The van der Waals surface area contributed by atoms with Crippen molar-refractivity contribution in [3.63, 3.8) is 0 Å². The molecule has 1 fully saturated rings. The minimum absolute atomic E-state index is 0.0227. The fourth-order valence-corrected chi connectivity index (χ4v) is 4.12. The largest absolute Gasteiger partial charge is 0.304 e. The van der Waals surface area contributed by atoms with E-state index in [2.05, 4.69) is 53.0 Å². The Kier molecular flexibility index (Phi) is 5.78. The Morgan fingerprint density at radius 2 is 1.83 bits per heavy atom. The van der Waals surface area contributed by atoms with Gasteiger partial charge in [0.05, 0.1) is 18.8 Å². The van der Waals surface area contributed by atoms with Gasteiger partial charge in [-0.3, -0.25) is 19.4 Å². The number of rotatable bonds is 6. The number of nitrogens with zero attached hydrogens (tertiary/aromatic N) is 5. The van der Waals surface area contributed by atoms with E-state index in [9.17, 15) is 4.79 Å². The zero-order chi connectivity index (χ0) is 20.4. The molecule has 4 rings (SSSR count). The lowest BCUT2D eigenvalue weighted by atomic mass is 10.00. The number of aromatic amines is 1. The molecular weight excluding hydrogens is 364 g/mol. The van der Waals surface area contributed by atoms with E-state index >= 15 is 0 Å². The van der Waals surface area contributed by atoms with E-state index in [1.807, 2.05) is 22.8 Å². The van der Waals surface area contributed by atoms with Crippen LogP contribution in [0.2, 0.25) is 0 Å². The summed E-state index contributed by atoms with van der Waals surface area (Å²) in [5, 5.41) is 7.53. The van der Waals surface area contributed by atoms with Crippen LogP contribution in [0, 0.1) is 5.92 Å². The molecule has 154 valence electrons. The van der Waals surface area contributed by atoms with Crippen molar-refractivity contribution < 1.29 is 0 Å². The minimum atomic E-state index is -0.0227. The molecule has 29 heavy (non-hydrogen) atoms. The van der Waals surface area contributed by atoms with Crippen molar-refractivity contribution in [3.8, 4) is 0 Å². The zero-order valence-corrected chi connectivity index (χ0v) is 17.5. The van der Waals surface area contributed by atoms with E-state index in [1.54, 1.807) is 6.20 Å². The van der Waals surface area contributed by atoms with E-state index in [4.69, 9.17) is 4.98 Å². The second kappa shape index (κ2) is 8.47. The van der Waals surface area contributed by atoms with Crippen LogP contribution in [0.25, 0.3) is 11.0 Å². The Hall–Kier alpha value is -2.51. The summed E-state index contributed by atoms with van der Waals surface area (Å²) in [5.41, 5.74) is 1.66. The van der Waals surface area contributed by atoms with Gasteiger partial charge in [-0.05, 0) is 24.9 Å². The average molecular weight is 395 g/mol. The molecule has 1 aliphatic rings. The molecule has 1 aliphatic heterocycles. The minimum Gasteiger partial charge on any atom is -0.304 e. The molecule has 3 heterocycles. The first-order valence-corrected chi connectivity index (χ1v) is 10.4. The molecule has 1 N–H and O–H groups in total. The molecule has 1 atom stereocenters. The first kappa shape index (κ1) is 19.8. The van der Waals surface area contributed by atoms with Crippen molar-refractivity contribution in [1.29, 1.82) is 0 Å². The van der Waals surface area contributed by atoms with Crippen molar-refractivity contribution in [2.75, 3.05) is 33.2 Å². The lowest BCUT2D eigenvalue weighted by Gasteiger charge is -2.39. The van der Waals surface area contributed by atoms with Gasteiger partial charge in [0.2, 0.25) is 0 Å². The number of likely N-dealkylation sites (N-methyl/N-ethyl adjacent to an activating group) is 1. The topological polar surface area (TPSA) is 70.0 Å². The number of benzene rings is 1. The molecule has 0 radical (unpaired) electrons. The molecule has 0 saturated carbocycles. The second-order valence-corrected chi connectivity index (χ2v) is 8.46. The molecular formula is C22H30N6O. The Morgan fingerprint density at radius 3 is 2.52 bits per heavy atom. The van der Waals surface area contributed by atoms with Crippen LogP contribution >= 0.6 is 0 Å². The van der Waals surface area contributed by atoms with Gasteiger partial charge >= 0.3 is 0 Å². The number of hydrogen-bond acceptors (Lipinski definition) is 5. The van der Waals surface area contributed by atoms with Crippen molar-refractivity contribution in [2.45, 2.75) is 32.9 Å². The predicted octanol–water partition coefficient (Wildman–Crippen LogP) is 2.50. The lowest BCUT2D eigenvalue weighted by Crippen LogP contribution is -2.47. The van der Waals surface area contributed by atoms with Crippen LogP contribution in [0.3, 0.4) is 0 Å². The summed E-state index contributed by atoms with van der Waals surface area (Å²) in [4.78, 5) is 23.1. The van der Waals surface area contributed by atoms with Gasteiger partial charge in [0, 0.05) is 26.2 Å². The fourth-order valence-electron chi connectivity index (χ4n) is 4.12. The summed E-state index contributed by atoms with van der Waals surface area (Å²) in [5.74, 6) is 1.34. The molecule has 0 spiro atoms. The number of fused-ring (bicyclic) bond motifs is 1. The summed E-state index contributed by atoms with van der Waals surface area (Å²) < 4.78 is 1.86. The molecule has 0 aliphatic carbocycles. The van der Waals surface area contributed by atoms with Crippen LogP contribution in [-0.4, -0.2) is 62.8 Å². The van der Waals surface area contributed by atoms with E-state index in [0.29, 0.717) is 23.5 Å². The number of H-pyrrole nitrogens is 1. The Morgan fingerprint density at radius 1 is 1.10 bits per heavy atom. The van der Waals surface area contributed by atoms with Gasteiger partial charge in [0.25, 0.3) is 5.56 Å². The lowest BCUT2D eigenvalue weighted by molar-refractivity contribution is 0.0934. The molecule has 2 aromatic heterocycles. The molecule has 3 aromatic rings. The third kappa shape index (κ3) is 4.26. The number of piperazine rings is 1. The average Bonchev–Trinajstić information content (AvgIpc) is 3.19. The van der Waals surface area contributed by atoms with Crippen molar-refractivity contribution in [2.24, 2.45) is 5.92 Å². The van der Waals surface area contributed by atoms with Crippen molar-refractivity contribution in [1.82, 2.24) is 29.5 Å². The molecule has 7 heteroatoms. The maximum Gasteiger partial charge on any atom is 0.265 e. The summed E-state index contributed by atoms with van der Waals surface area (Å²) in [6.45, 7) is 9.01. The van der Waals surface area contributed by atoms with Gasteiger partial charge in [0.1, 0.15) is 11.2 Å². The SMILES string of the molecule is CC(C)CC(c1nc2[nH]ncc2c(=O)n1Cc1ccccc1)N1CCN(C)CC1. The highest BCUT2D eigenvalue weighted by Crippen LogP contribution is 2.28. The van der Waals surface area contributed by atoms with E-state index in [1.165, 1.54) is 0 Å². The Balaban J connectivity index is 1.82. The zero-order valence-electron chi connectivity index (χ0n) is 17.5. The standard InChI is InChI=1S/C22H30N6O/c1-16(2)13-19(27-11-9-26(3)10-12-27)21-24-20-18(14-23-25-20)22(29)28(21)15-17-7-5-4-6-8-17/h4-8,14,16,19H,9-13,15H2,1-3H3,(H,23,25). The van der Waals surface area contributed by atoms with Gasteiger partial charge in [-0.1, -0.05) is 44.2 Å². The van der Waals surface area contributed by atoms with E-state index in [-0.39, 0.29) is 11.6 Å². The van der Waals surface area contributed by atoms with Crippen molar-refractivity contribution >= 4 is 11.0 Å². The van der Waals surface area contributed by atoms with Gasteiger partial charge in [-0.2, -0.15) is 5.10 Å². The van der Waals surface area contributed by atoms with E-state index < -0.39 is 0 Å². The normalized spacial score (nSPS) is 17.2. The second-order valence-electron chi connectivity index (χ2n) is 8.46.